The molecule has 0 radical (unpaired) electrons. The smallest absolute Gasteiger partial charge is 0.287 e. The number of nitrogens with zero attached hydrogens (tertiary/aromatic N) is 3. The monoisotopic (exact) mass is 285 g/mol. The number of anilines is 1. The molecule has 1 fully saturated rings. The summed E-state index contributed by atoms with van der Waals surface area (Å²) in [5, 5.41) is 10.7. The third-order valence-electron chi connectivity index (χ3n) is 3.55. The number of nitro groups is 1. The van der Waals surface area contributed by atoms with E-state index in [0.717, 1.165) is 11.4 Å². The molecule has 1 aliphatic heterocycles. The Bertz CT molecular complexity index is 616. The van der Waals surface area contributed by atoms with Gasteiger partial charge in [0, 0.05) is 12.6 Å². The first kappa shape index (κ1) is 13.5. The van der Waals surface area contributed by atoms with Crippen LogP contribution in [0.4, 0.5) is 11.5 Å². The fourth-order valence-corrected chi connectivity index (χ4v) is 2.49. The van der Waals surface area contributed by atoms with Gasteiger partial charge in [0.1, 0.15) is 12.0 Å². The molecule has 21 heavy (non-hydrogen) atoms. The second-order valence-electron chi connectivity index (χ2n) is 4.83. The average Bonchev–Trinajstić information content (AvgIpc) is 2.56. The standard InChI is InChI=1S/C15H15N3O3/c19-18(20)13-6-7-15(16-10-13)17-8-9-21-11-14(17)12-4-2-1-3-5-12/h1-7,10,14H,8-9,11H2/t14-/m1/s1. The normalized spacial score (nSPS) is 18.5. The van der Waals surface area contributed by atoms with Crippen molar-refractivity contribution >= 4 is 11.5 Å². The Kier molecular flexibility index (Phi) is 3.79. The van der Waals surface area contributed by atoms with E-state index >= 15 is 0 Å². The molecule has 2 aromatic rings. The van der Waals surface area contributed by atoms with Crippen molar-refractivity contribution in [3.63, 3.8) is 0 Å². The fourth-order valence-electron chi connectivity index (χ4n) is 2.49. The number of hydrogen-bond donors (Lipinski definition) is 0. The average molecular weight is 285 g/mol. The Hall–Kier alpha value is -2.47. The molecule has 0 amide bonds. The van der Waals surface area contributed by atoms with Crippen LogP contribution in [0.5, 0.6) is 0 Å². The minimum Gasteiger partial charge on any atom is -0.377 e. The molecule has 1 atom stereocenters. The molecule has 108 valence electrons. The van der Waals surface area contributed by atoms with Gasteiger partial charge in [-0.25, -0.2) is 4.98 Å². The quantitative estimate of drug-likeness (QED) is 0.640. The lowest BCUT2D eigenvalue weighted by Crippen LogP contribution is -2.40. The number of aromatic nitrogens is 1. The van der Waals surface area contributed by atoms with Gasteiger partial charge in [-0.2, -0.15) is 0 Å². The van der Waals surface area contributed by atoms with Crippen LogP contribution in [-0.2, 0) is 4.74 Å². The third-order valence-corrected chi connectivity index (χ3v) is 3.55. The van der Waals surface area contributed by atoms with Gasteiger partial charge in [-0.1, -0.05) is 30.3 Å². The first-order chi connectivity index (χ1) is 10.3. The number of benzene rings is 1. The van der Waals surface area contributed by atoms with Crippen molar-refractivity contribution in [1.29, 1.82) is 0 Å². The van der Waals surface area contributed by atoms with E-state index in [-0.39, 0.29) is 11.7 Å². The number of hydrogen-bond acceptors (Lipinski definition) is 5. The third kappa shape index (κ3) is 2.85. The van der Waals surface area contributed by atoms with Gasteiger partial charge in [0.25, 0.3) is 5.69 Å². The number of ether oxygens (including phenoxy) is 1. The summed E-state index contributed by atoms with van der Waals surface area (Å²) in [4.78, 5) is 16.6. The van der Waals surface area contributed by atoms with Crippen LogP contribution in [0.25, 0.3) is 0 Å². The highest BCUT2D eigenvalue weighted by Gasteiger charge is 2.25. The fraction of sp³-hybridized carbons (Fsp3) is 0.267. The van der Waals surface area contributed by atoms with E-state index in [1.165, 1.54) is 12.3 Å². The largest absolute Gasteiger partial charge is 0.377 e. The van der Waals surface area contributed by atoms with Gasteiger partial charge in [0.15, 0.2) is 0 Å². The van der Waals surface area contributed by atoms with Crippen molar-refractivity contribution in [3.05, 3.63) is 64.3 Å². The summed E-state index contributed by atoms with van der Waals surface area (Å²) in [5.41, 5.74) is 1.15. The lowest BCUT2D eigenvalue weighted by Gasteiger charge is -2.36. The Balaban J connectivity index is 1.89. The van der Waals surface area contributed by atoms with Gasteiger partial charge in [0.2, 0.25) is 0 Å². The zero-order valence-corrected chi connectivity index (χ0v) is 11.4. The van der Waals surface area contributed by atoms with E-state index in [1.807, 2.05) is 18.2 Å². The molecule has 6 heteroatoms. The molecule has 0 N–H and O–H groups in total. The van der Waals surface area contributed by atoms with E-state index in [0.29, 0.717) is 19.8 Å². The molecule has 0 bridgehead atoms. The van der Waals surface area contributed by atoms with Crippen molar-refractivity contribution in [3.8, 4) is 0 Å². The minimum absolute atomic E-state index is 0.00303. The maximum atomic E-state index is 10.7. The summed E-state index contributed by atoms with van der Waals surface area (Å²) in [7, 11) is 0. The molecule has 2 heterocycles. The zero-order valence-electron chi connectivity index (χ0n) is 11.4. The molecule has 6 nitrogen and oxygen atoms in total. The molecule has 1 aromatic heterocycles. The first-order valence-corrected chi connectivity index (χ1v) is 6.75. The molecule has 0 unspecified atom stereocenters. The van der Waals surface area contributed by atoms with Crippen LogP contribution in [0.15, 0.2) is 48.7 Å². The Morgan fingerprint density at radius 2 is 2.05 bits per heavy atom. The Labute approximate surface area is 122 Å². The van der Waals surface area contributed by atoms with Crippen molar-refractivity contribution in [2.45, 2.75) is 6.04 Å². The van der Waals surface area contributed by atoms with Gasteiger partial charge in [-0.05, 0) is 11.6 Å². The summed E-state index contributed by atoms with van der Waals surface area (Å²) in [6.07, 6.45) is 1.30. The maximum Gasteiger partial charge on any atom is 0.287 e. The number of morpholine rings is 1. The maximum absolute atomic E-state index is 10.7. The van der Waals surface area contributed by atoms with Crippen LogP contribution in [-0.4, -0.2) is 29.7 Å². The summed E-state index contributed by atoms with van der Waals surface area (Å²) in [6, 6.07) is 13.3. The highest BCUT2D eigenvalue weighted by atomic mass is 16.6. The molecule has 1 aliphatic rings. The molecule has 1 aromatic carbocycles. The van der Waals surface area contributed by atoms with Gasteiger partial charge >= 0.3 is 0 Å². The molecule has 0 aliphatic carbocycles. The van der Waals surface area contributed by atoms with Crippen LogP contribution in [0.1, 0.15) is 11.6 Å². The van der Waals surface area contributed by atoms with E-state index in [1.54, 1.807) is 6.07 Å². The Morgan fingerprint density at radius 3 is 2.71 bits per heavy atom. The van der Waals surface area contributed by atoms with Gasteiger partial charge in [0.05, 0.1) is 24.2 Å². The zero-order chi connectivity index (χ0) is 14.7. The van der Waals surface area contributed by atoms with Crippen LogP contribution in [0, 0.1) is 10.1 Å². The van der Waals surface area contributed by atoms with Crippen molar-refractivity contribution in [2.75, 3.05) is 24.7 Å². The van der Waals surface area contributed by atoms with Gasteiger partial charge in [-0.3, -0.25) is 10.1 Å². The van der Waals surface area contributed by atoms with E-state index in [2.05, 4.69) is 22.0 Å². The Morgan fingerprint density at radius 1 is 1.24 bits per heavy atom. The lowest BCUT2D eigenvalue weighted by atomic mass is 10.0. The first-order valence-electron chi connectivity index (χ1n) is 6.75. The summed E-state index contributed by atoms with van der Waals surface area (Å²) in [6.45, 7) is 1.93. The second-order valence-corrected chi connectivity index (χ2v) is 4.83. The summed E-state index contributed by atoms with van der Waals surface area (Å²) < 4.78 is 5.57. The number of pyridine rings is 1. The predicted octanol–water partition coefficient (Wildman–Crippen LogP) is 2.57. The summed E-state index contributed by atoms with van der Waals surface area (Å²) >= 11 is 0. The second kappa shape index (κ2) is 5.88. The highest BCUT2D eigenvalue weighted by Crippen LogP contribution is 2.29. The topological polar surface area (TPSA) is 68.5 Å². The van der Waals surface area contributed by atoms with E-state index in [9.17, 15) is 10.1 Å². The summed E-state index contributed by atoms with van der Waals surface area (Å²) in [5.74, 6) is 0.734. The molecule has 0 spiro atoms. The van der Waals surface area contributed by atoms with Gasteiger partial charge < -0.3 is 9.64 Å². The van der Waals surface area contributed by atoms with Crippen LogP contribution in [0.3, 0.4) is 0 Å². The van der Waals surface area contributed by atoms with Crippen molar-refractivity contribution < 1.29 is 9.66 Å². The predicted molar refractivity (Wildman–Crippen MR) is 78.2 cm³/mol. The van der Waals surface area contributed by atoms with Crippen molar-refractivity contribution in [1.82, 2.24) is 4.98 Å². The highest BCUT2D eigenvalue weighted by molar-refractivity contribution is 5.46. The molecular formula is C15H15N3O3. The van der Waals surface area contributed by atoms with Crippen LogP contribution < -0.4 is 4.90 Å². The lowest BCUT2D eigenvalue weighted by molar-refractivity contribution is -0.385. The number of rotatable bonds is 3. The van der Waals surface area contributed by atoms with Crippen LogP contribution >= 0.6 is 0 Å². The minimum atomic E-state index is -0.440. The van der Waals surface area contributed by atoms with E-state index < -0.39 is 4.92 Å². The van der Waals surface area contributed by atoms with E-state index in [4.69, 9.17) is 4.74 Å². The van der Waals surface area contributed by atoms with Crippen molar-refractivity contribution in [2.24, 2.45) is 0 Å². The molecule has 3 rings (SSSR count). The molecular weight excluding hydrogens is 270 g/mol. The van der Waals surface area contributed by atoms with Gasteiger partial charge in [-0.15, -0.1) is 0 Å². The molecule has 0 saturated carbocycles. The molecule has 1 saturated heterocycles. The SMILES string of the molecule is O=[N+]([O-])c1ccc(N2CCOC[C@@H]2c2ccccc2)nc1. The van der Waals surface area contributed by atoms with Crippen LogP contribution in [0.2, 0.25) is 0 Å².